The van der Waals surface area contributed by atoms with Crippen LogP contribution in [0.2, 0.25) is 0 Å². The maximum atomic E-state index is 12.9. The van der Waals surface area contributed by atoms with Crippen molar-refractivity contribution in [3.8, 4) is 0 Å². The highest BCUT2D eigenvalue weighted by atomic mass is 32.2. The van der Waals surface area contributed by atoms with Gasteiger partial charge in [-0.15, -0.1) is 0 Å². The van der Waals surface area contributed by atoms with Crippen molar-refractivity contribution in [1.82, 2.24) is 24.6 Å². The van der Waals surface area contributed by atoms with E-state index in [9.17, 15) is 13.6 Å². The second kappa shape index (κ2) is 7.04. The summed E-state index contributed by atoms with van der Waals surface area (Å²) in [6.45, 7) is 1.26. The molecular weight excluding hydrogens is 322 g/mol. The van der Waals surface area contributed by atoms with Gasteiger partial charge in [-0.25, -0.2) is 4.21 Å². The van der Waals surface area contributed by atoms with E-state index < -0.39 is 17.3 Å². The predicted octanol–water partition coefficient (Wildman–Crippen LogP) is -0.231. The number of carbonyl (C=O) groups excluding carboxylic acids is 1. The van der Waals surface area contributed by atoms with Gasteiger partial charge >= 0.3 is 0 Å². The highest BCUT2D eigenvalue weighted by molar-refractivity contribution is 7.76. The second-order valence-electron chi connectivity index (χ2n) is 6.00. The summed E-state index contributed by atoms with van der Waals surface area (Å²) in [7, 11) is 1.61. The summed E-state index contributed by atoms with van der Waals surface area (Å²) in [5.41, 5.74) is 0.669. The van der Waals surface area contributed by atoms with Crippen LogP contribution in [-0.4, -0.2) is 71.6 Å². The van der Waals surface area contributed by atoms with Gasteiger partial charge in [0.25, 0.3) is 0 Å². The van der Waals surface area contributed by atoms with Crippen LogP contribution in [-0.2, 0) is 27.3 Å². The molecule has 1 aromatic rings. The van der Waals surface area contributed by atoms with E-state index in [2.05, 4.69) is 15.4 Å². The minimum absolute atomic E-state index is 0.0164. The van der Waals surface area contributed by atoms with Gasteiger partial charge in [0.05, 0.1) is 19.3 Å². The fraction of sp³-hybridized carbons (Fsp3) is 0.769. The first kappa shape index (κ1) is 16.5. The van der Waals surface area contributed by atoms with Crippen LogP contribution in [0.1, 0.15) is 25.0 Å². The average molecular weight is 343 g/mol. The lowest BCUT2D eigenvalue weighted by Crippen LogP contribution is -2.53. The van der Waals surface area contributed by atoms with E-state index in [4.69, 9.17) is 4.74 Å². The van der Waals surface area contributed by atoms with Crippen molar-refractivity contribution in [3.05, 3.63) is 11.9 Å². The largest absolute Gasteiger partial charge is 0.384 e. The monoisotopic (exact) mass is 343 g/mol. The van der Waals surface area contributed by atoms with Crippen molar-refractivity contribution in [2.75, 3.05) is 20.3 Å². The molecule has 128 valence electrons. The molecule has 2 fully saturated rings. The molecule has 4 atom stereocenters. The van der Waals surface area contributed by atoms with Gasteiger partial charge in [-0.05, 0) is 19.3 Å². The Morgan fingerprint density at radius 3 is 3.00 bits per heavy atom. The van der Waals surface area contributed by atoms with E-state index in [0.29, 0.717) is 31.8 Å². The number of carbonyl (C=O) groups is 1. The van der Waals surface area contributed by atoms with E-state index in [-0.39, 0.29) is 17.9 Å². The minimum atomic E-state index is -2.17. The Hall–Kier alpha value is -1.36. The molecule has 0 spiro atoms. The smallest absolute Gasteiger partial charge is 0.241 e. The Labute approximate surface area is 136 Å². The number of rotatable bonds is 5. The average Bonchev–Trinajstić information content (AvgIpc) is 3.03. The fourth-order valence-electron chi connectivity index (χ4n) is 3.63. The molecule has 0 radical (unpaired) electrons. The lowest BCUT2D eigenvalue weighted by molar-refractivity contribution is -0.135. The van der Waals surface area contributed by atoms with Gasteiger partial charge in [0.15, 0.2) is 0 Å². The number of hydrogen-bond acceptors (Lipinski definition) is 5. The maximum absolute atomic E-state index is 12.9. The van der Waals surface area contributed by atoms with E-state index in [1.54, 1.807) is 18.2 Å². The van der Waals surface area contributed by atoms with Crippen molar-refractivity contribution in [2.24, 2.45) is 5.92 Å². The molecule has 1 aromatic heterocycles. The molecule has 3 heterocycles. The molecule has 3 rings (SSSR count). The summed E-state index contributed by atoms with van der Waals surface area (Å²) in [6, 6.07) is -0.695. The summed E-state index contributed by atoms with van der Waals surface area (Å²) in [5, 5.41) is 10.3. The molecule has 2 saturated heterocycles. The Morgan fingerprint density at radius 1 is 1.52 bits per heavy atom. The van der Waals surface area contributed by atoms with E-state index in [1.807, 2.05) is 0 Å². The molecular formula is C13H21N5O4S. The van der Waals surface area contributed by atoms with Gasteiger partial charge in [-0.3, -0.25) is 9.35 Å². The molecule has 23 heavy (non-hydrogen) atoms. The van der Waals surface area contributed by atoms with Gasteiger partial charge in [0.1, 0.15) is 11.7 Å². The van der Waals surface area contributed by atoms with Crippen LogP contribution in [0.4, 0.5) is 0 Å². The topological polar surface area (TPSA) is 112 Å². The molecule has 0 aliphatic carbocycles. The van der Waals surface area contributed by atoms with Gasteiger partial charge in [-0.2, -0.15) is 19.7 Å². The Bertz CT molecular complexity index is 569. The van der Waals surface area contributed by atoms with Crippen LogP contribution >= 0.6 is 0 Å². The van der Waals surface area contributed by atoms with Crippen LogP contribution in [0.15, 0.2) is 6.20 Å². The number of fused-ring (bicyclic) bond motifs is 2. The number of nitrogens with zero attached hydrogens (tertiary/aromatic N) is 4. The van der Waals surface area contributed by atoms with E-state index in [1.165, 1.54) is 4.31 Å². The highest BCUT2D eigenvalue weighted by Crippen LogP contribution is 2.34. The summed E-state index contributed by atoms with van der Waals surface area (Å²) >= 11 is -2.17. The van der Waals surface area contributed by atoms with Crippen molar-refractivity contribution in [3.63, 3.8) is 0 Å². The quantitative estimate of drug-likeness (QED) is 0.714. The molecule has 10 heteroatoms. The Morgan fingerprint density at radius 2 is 2.35 bits per heavy atom. The maximum Gasteiger partial charge on any atom is 0.241 e. The Balaban J connectivity index is 1.90. The number of nitrogens with one attached hydrogen (secondary N) is 1. The molecule has 9 nitrogen and oxygen atoms in total. The van der Waals surface area contributed by atoms with Gasteiger partial charge in [-0.1, -0.05) is 0 Å². The van der Waals surface area contributed by atoms with E-state index >= 15 is 0 Å². The normalized spacial score (nSPS) is 30.3. The third-order valence-corrected chi connectivity index (χ3v) is 5.47. The predicted molar refractivity (Wildman–Crippen MR) is 81.2 cm³/mol. The first-order valence-corrected chi connectivity index (χ1v) is 8.70. The molecule has 2 aliphatic heterocycles. The molecule has 3 unspecified atom stereocenters. The number of aromatic nitrogens is 3. The first-order valence-electron chi connectivity index (χ1n) is 7.63. The van der Waals surface area contributed by atoms with Crippen LogP contribution in [0, 0.1) is 5.92 Å². The zero-order chi connectivity index (χ0) is 16.4. The first-order chi connectivity index (χ1) is 11.1. The third kappa shape index (κ3) is 3.30. The van der Waals surface area contributed by atoms with Crippen molar-refractivity contribution in [2.45, 2.75) is 37.9 Å². The molecule has 0 saturated carbocycles. The number of H-pyrrole nitrogens is 1. The third-order valence-electron chi connectivity index (χ3n) is 4.59. The molecule has 2 N–H and O–H groups in total. The van der Waals surface area contributed by atoms with Crippen LogP contribution < -0.4 is 0 Å². The lowest BCUT2D eigenvalue weighted by Gasteiger charge is -2.38. The number of aromatic amines is 1. The molecule has 1 amide bonds. The SMILES string of the molecule is COC[C@H]1CN(Cc2cn[nH]n2)C(=O)C2CCCC1N2S(=O)O. The zero-order valence-corrected chi connectivity index (χ0v) is 13.7. The standard InChI is InChI=1S/C13H21N5O4S/c1-22-8-9-6-17(7-10-5-14-16-15-10)13(19)12-4-2-3-11(9)18(12)23(20)21/h5,9,11-12H,2-4,6-8H2,1H3,(H,20,21)(H,14,15,16)/t9-,11?,12?/m1/s1. The number of methoxy groups -OCH3 is 1. The molecule has 2 aliphatic rings. The van der Waals surface area contributed by atoms with Crippen molar-refractivity contribution in [1.29, 1.82) is 0 Å². The van der Waals surface area contributed by atoms with Gasteiger partial charge in [0.2, 0.25) is 17.2 Å². The summed E-state index contributed by atoms with van der Waals surface area (Å²) in [4.78, 5) is 14.6. The highest BCUT2D eigenvalue weighted by Gasteiger charge is 2.47. The summed E-state index contributed by atoms with van der Waals surface area (Å²) in [5.74, 6) is -0.143. The van der Waals surface area contributed by atoms with Crippen LogP contribution in [0.25, 0.3) is 0 Å². The molecule has 2 bridgehead atoms. The van der Waals surface area contributed by atoms with Crippen molar-refractivity contribution >= 4 is 17.2 Å². The number of piperidine rings is 1. The number of ether oxygens (including phenoxy) is 1. The number of amides is 1. The fourth-order valence-corrected chi connectivity index (χ4v) is 4.55. The lowest BCUT2D eigenvalue weighted by atomic mass is 9.91. The number of hydrogen-bond donors (Lipinski definition) is 2. The van der Waals surface area contributed by atoms with Crippen LogP contribution in [0.3, 0.4) is 0 Å². The Kier molecular flexibility index (Phi) is 5.05. The minimum Gasteiger partial charge on any atom is -0.384 e. The van der Waals surface area contributed by atoms with Gasteiger partial charge < -0.3 is 9.64 Å². The van der Waals surface area contributed by atoms with Crippen molar-refractivity contribution < 1.29 is 18.3 Å². The second-order valence-corrected chi connectivity index (χ2v) is 6.88. The van der Waals surface area contributed by atoms with Crippen LogP contribution in [0.5, 0.6) is 0 Å². The zero-order valence-electron chi connectivity index (χ0n) is 12.9. The summed E-state index contributed by atoms with van der Waals surface area (Å²) in [6.07, 6.45) is 3.84. The van der Waals surface area contributed by atoms with E-state index in [0.717, 1.165) is 12.8 Å². The summed E-state index contributed by atoms with van der Waals surface area (Å²) < 4.78 is 28.3. The molecule has 0 aromatic carbocycles. The van der Waals surface area contributed by atoms with Gasteiger partial charge in [0, 0.05) is 25.6 Å².